The van der Waals surface area contributed by atoms with Crippen LogP contribution in [-0.2, 0) is 14.3 Å². The summed E-state index contributed by atoms with van der Waals surface area (Å²) in [7, 11) is 0. The Morgan fingerprint density at radius 1 is 1.40 bits per heavy atom. The number of aliphatic carboxylic acids is 1. The van der Waals surface area contributed by atoms with Crippen LogP contribution in [0.4, 0.5) is 0 Å². The highest BCUT2D eigenvalue weighted by atomic mass is 16.5. The first kappa shape index (κ1) is 14.8. The highest BCUT2D eigenvalue weighted by molar-refractivity contribution is 5.94. The number of amides is 1. The number of fused-ring (bicyclic) bond motifs is 2. The highest BCUT2D eigenvalue weighted by Crippen LogP contribution is 2.27. The van der Waals surface area contributed by atoms with E-state index >= 15 is 0 Å². The zero-order valence-corrected chi connectivity index (χ0v) is 11.6. The van der Waals surface area contributed by atoms with Gasteiger partial charge in [0, 0.05) is 18.7 Å². The van der Waals surface area contributed by atoms with Crippen LogP contribution in [0.3, 0.4) is 0 Å². The van der Waals surface area contributed by atoms with Gasteiger partial charge in [0.15, 0.2) is 0 Å². The van der Waals surface area contributed by atoms with E-state index in [1.165, 1.54) is 0 Å². The molecule has 1 N–H and O–H groups in total. The third-order valence-corrected chi connectivity index (χ3v) is 3.64. The number of hydrogen-bond acceptors (Lipinski definition) is 3. The lowest BCUT2D eigenvalue weighted by molar-refractivity contribution is -0.142. The van der Waals surface area contributed by atoms with Gasteiger partial charge in [-0.05, 0) is 31.6 Å². The molecule has 0 aromatic carbocycles. The molecule has 110 valence electrons. The number of ether oxygens (including phenoxy) is 1. The number of rotatable bonds is 5. The Morgan fingerprint density at radius 2 is 2.25 bits per heavy atom. The Hall–Kier alpha value is -1.62. The van der Waals surface area contributed by atoms with Gasteiger partial charge in [-0.2, -0.15) is 0 Å². The third-order valence-electron chi connectivity index (χ3n) is 3.64. The van der Waals surface area contributed by atoms with Crippen molar-refractivity contribution in [2.45, 2.75) is 25.7 Å². The van der Waals surface area contributed by atoms with E-state index < -0.39 is 5.97 Å². The number of carbonyl (C=O) groups excluding carboxylic acids is 1. The molecule has 0 radical (unpaired) electrons. The second-order valence-corrected chi connectivity index (χ2v) is 5.28. The standard InChI is InChI=1S/C15H21NO4/c17-14(18)11-20-8-7-16-10-12-5-3-1-2-4-6-13(9-12)15(16)19/h1,3,6,12H,2,4-5,7-11H2,(H,17,18). The molecule has 5 nitrogen and oxygen atoms in total. The molecule has 5 heteroatoms. The molecule has 1 amide bonds. The van der Waals surface area contributed by atoms with Crippen molar-refractivity contribution >= 4 is 11.9 Å². The molecule has 1 fully saturated rings. The highest BCUT2D eigenvalue weighted by Gasteiger charge is 2.28. The lowest BCUT2D eigenvalue weighted by Crippen LogP contribution is -2.43. The van der Waals surface area contributed by atoms with Crippen LogP contribution in [0.25, 0.3) is 0 Å². The molecule has 1 unspecified atom stereocenters. The fraction of sp³-hybridized carbons (Fsp3) is 0.600. The average molecular weight is 279 g/mol. The van der Waals surface area contributed by atoms with Gasteiger partial charge in [-0.15, -0.1) is 0 Å². The first-order valence-corrected chi connectivity index (χ1v) is 7.09. The van der Waals surface area contributed by atoms with E-state index in [0.29, 0.717) is 12.5 Å². The van der Waals surface area contributed by atoms with E-state index in [4.69, 9.17) is 9.84 Å². The van der Waals surface area contributed by atoms with Gasteiger partial charge in [0.2, 0.25) is 5.91 Å². The molecular formula is C15H21NO4. The van der Waals surface area contributed by atoms with Crippen LogP contribution in [-0.4, -0.2) is 48.2 Å². The van der Waals surface area contributed by atoms with Crippen LogP contribution >= 0.6 is 0 Å². The first-order valence-electron chi connectivity index (χ1n) is 7.09. The second kappa shape index (κ2) is 7.24. The maximum Gasteiger partial charge on any atom is 0.329 e. The molecule has 1 heterocycles. The number of piperidine rings is 1. The maximum absolute atomic E-state index is 12.3. The topological polar surface area (TPSA) is 66.8 Å². The van der Waals surface area contributed by atoms with Crippen molar-refractivity contribution < 1.29 is 19.4 Å². The summed E-state index contributed by atoms with van der Waals surface area (Å²) in [6.45, 7) is 1.16. The lowest BCUT2D eigenvalue weighted by atomic mass is 9.90. The van der Waals surface area contributed by atoms with Gasteiger partial charge in [0.1, 0.15) is 6.61 Å². The molecular weight excluding hydrogens is 258 g/mol. The fourth-order valence-electron chi connectivity index (χ4n) is 2.68. The number of likely N-dealkylation sites (tertiary alicyclic amines) is 1. The van der Waals surface area contributed by atoms with Crippen LogP contribution in [0.15, 0.2) is 23.8 Å². The minimum absolute atomic E-state index is 0.0853. The van der Waals surface area contributed by atoms with Gasteiger partial charge in [-0.1, -0.05) is 18.2 Å². The summed E-state index contributed by atoms with van der Waals surface area (Å²) in [5, 5.41) is 8.51. The molecule has 1 atom stereocenters. The monoisotopic (exact) mass is 279 g/mol. The van der Waals surface area contributed by atoms with E-state index in [1.54, 1.807) is 4.90 Å². The number of hydrogen-bond donors (Lipinski definition) is 1. The molecule has 0 aromatic rings. The smallest absolute Gasteiger partial charge is 0.329 e. The van der Waals surface area contributed by atoms with Gasteiger partial charge < -0.3 is 14.7 Å². The van der Waals surface area contributed by atoms with Gasteiger partial charge in [0.25, 0.3) is 0 Å². The van der Waals surface area contributed by atoms with Gasteiger partial charge in [-0.25, -0.2) is 4.79 Å². The van der Waals surface area contributed by atoms with Crippen molar-refractivity contribution in [2.75, 3.05) is 26.3 Å². The Balaban J connectivity index is 1.92. The van der Waals surface area contributed by atoms with Crippen LogP contribution in [0.2, 0.25) is 0 Å². The number of nitrogens with zero attached hydrogens (tertiary/aromatic N) is 1. The molecule has 1 saturated heterocycles. The van der Waals surface area contributed by atoms with Crippen molar-refractivity contribution in [1.82, 2.24) is 4.90 Å². The predicted molar refractivity (Wildman–Crippen MR) is 74.2 cm³/mol. The van der Waals surface area contributed by atoms with Crippen molar-refractivity contribution in [2.24, 2.45) is 5.92 Å². The van der Waals surface area contributed by atoms with E-state index in [1.807, 2.05) is 0 Å². The summed E-state index contributed by atoms with van der Waals surface area (Å²) < 4.78 is 5.02. The number of carbonyl (C=O) groups is 2. The average Bonchev–Trinajstić information content (AvgIpc) is 2.51. The Kier molecular flexibility index (Phi) is 5.35. The van der Waals surface area contributed by atoms with Crippen molar-refractivity contribution in [3.8, 4) is 0 Å². The third kappa shape index (κ3) is 4.20. The minimum atomic E-state index is -0.982. The van der Waals surface area contributed by atoms with E-state index in [2.05, 4.69) is 18.2 Å². The molecule has 1 aliphatic carbocycles. The fourth-order valence-corrected chi connectivity index (χ4v) is 2.68. The summed E-state index contributed by atoms with van der Waals surface area (Å²) in [5.41, 5.74) is 0.906. The molecule has 0 aromatic heterocycles. The molecule has 1 aliphatic heterocycles. The Morgan fingerprint density at radius 3 is 3.05 bits per heavy atom. The van der Waals surface area contributed by atoms with Crippen LogP contribution in [0.5, 0.6) is 0 Å². The van der Waals surface area contributed by atoms with E-state index in [9.17, 15) is 9.59 Å². The summed E-state index contributed by atoms with van der Waals surface area (Å²) >= 11 is 0. The minimum Gasteiger partial charge on any atom is -0.480 e. The summed E-state index contributed by atoms with van der Waals surface area (Å²) in [6.07, 6.45) is 10.2. The van der Waals surface area contributed by atoms with Crippen molar-refractivity contribution in [1.29, 1.82) is 0 Å². The van der Waals surface area contributed by atoms with E-state index in [0.717, 1.165) is 37.8 Å². The lowest BCUT2D eigenvalue weighted by Gasteiger charge is -2.33. The summed E-state index contributed by atoms with van der Waals surface area (Å²) in [5.74, 6) is -0.431. The Bertz CT molecular complexity index is 428. The molecule has 0 saturated carbocycles. The first-order chi connectivity index (χ1) is 9.66. The van der Waals surface area contributed by atoms with Gasteiger partial charge in [-0.3, -0.25) is 4.79 Å². The number of allylic oxidation sites excluding steroid dienone is 3. The molecule has 0 spiro atoms. The predicted octanol–water partition coefficient (Wildman–Crippen LogP) is 1.60. The summed E-state index contributed by atoms with van der Waals surface area (Å²) in [6, 6.07) is 0. The van der Waals surface area contributed by atoms with Crippen LogP contribution in [0.1, 0.15) is 25.7 Å². The molecule has 2 rings (SSSR count). The number of carboxylic acids is 1. The summed E-state index contributed by atoms with van der Waals surface area (Å²) in [4.78, 5) is 24.5. The van der Waals surface area contributed by atoms with Crippen molar-refractivity contribution in [3.05, 3.63) is 23.8 Å². The van der Waals surface area contributed by atoms with Crippen molar-refractivity contribution in [3.63, 3.8) is 0 Å². The molecule has 2 bridgehead atoms. The van der Waals surface area contributed by atoms with Gasteiger partial charge in [0.05, 0.1) is 6.61 Å². The second-order valence-electron chi connectivity index (χ2n) is 5.28. The zero-order valence-electron chi connectivity index (χ0n) is 11.6. The Labute approximate surface area is 118 Å². The van der Waals surface area contributed by atoms with Gasteiger partial charge >= 0.3 is 5.97 Å². The normalized spacial score (nSPS) is 22.8. The largest absolute Gasteiger partial charge is 0.480 e. The maximum atomic E-state index is 12.3. The SMILES string of the molecule is O=C(O)COCCN1CC2CC=CCCC=C(C2)C1=O. The quantitative estimate of drug-likeness (QED) is 0.613. The number of carboxylic acid groups (broad SMARTS) is 1. The molecule has 20 heavy (non-hydrogen) atoms. The van der Waals surface area contributed by atoms with Crippen LogP contribution < -0.4 is 0 Å². The zero-order chi connectivity index (χ0) is 14.4. The van der Waals surface area contributed by atoms with E-state index in [-0.39, 0.29) is 19.1 Å². The van der Waals surface area contributed by atoms with Crippen LogP contribution in [0, 0.1) is 5.92 Å². The molecule has 2 aliphatic rings.